The maximum absolute atomic E-state index is 12.9. The van der Waals surface area contributed by atoms with Crippen LogP contribution in [0.4, 0.5) is 8.78 Å². The molecule has 0 saturated heterocycles. The Balaban J connectivity index is 2.14. The maximum atomic E-state index is 12.9. The SMILES string of the molecule is NCC(F)(F)CNC(=O)c1cnn2ccncc12. The molecule has 0 radical (unpaired) electrons. The van der Waals surface area contributed by atoms with Gasteiger partial charge in [-0.2, -0.15) is 5.10 Å². The summed E-state index contributed by atoms with van der Waals surface area (Å²) >= 11 is 0. The van der Waals surface area contributed by atoms with Crippen molar-refractivity contribution in [3.05, 3.63) is 30.4 Å². The van der Waals surface area contributed by atoms with Gasteiger partial charge in [0.05, 0.1) is 36.6 Å². The van der Waals surface area contributed by atoms with E-state index < -0.39 is 24.9 Å². The van der Waals surface area contributed by atoms with E-state index in [1.807, 2.05) is 0 Å². The van der Waals surface area contributed by atoms with Crippen LogP contribution in [-0.2, 0) is 0 Å². The van der Waals surface area contributed by atoms with E-state index in [1.54, 1.807) is 6.20 Å². The monoisotopic (exact) mass is 255 g/mol. The van der Waals surface area contributed by atoms with Gasteiger partial charge in [-0.1, -0.05) is 0 Å². The summed E-state index contributed by atoms with van der Waals surface area (Å²) in [4.78, 5) is 15.6. The molecule has 0 fully saturated rings. The standard InChI is InChI=1S/C10H11F2N5O/c11-10(12,5-13)6-15-9(18)7-3-16-17-2-1-14-4-8(7)17/h1-4H,5-6,13H2,(H,15,18). The minimum Gasteiger partial charge on any atom is -0.346 e. The average molecular weight is 255 g/mol. The Morgan fingerprint density at radius 1 is 1.50 bits per heavy atom. The van der Waals surface area contributed by atoms with Gasteiger partial charge in [-0.3, -0.25) is 9.78 Å². The smallest absolute Gasteiger partial charge is 0.277 e. The van der Waals surface area contributed by atoms with Crippen molar-refractivity contribution >= 4 is 11.4 Å². The molecule has 2 heterocycles. The molecule has 96 valence electrons. The molecule has 2 aromatic heterocycles. The van der Waals surface area contributed by atoms with Crippen molar-refractivity contribution in [1.82, 2.24) is 19.9 Å². The summed E-state index contributed by atoms with van der Waals surface area (Å²) < 4.78 is 27.2. The third-order valence-corrected chi connectivity index (χ3v) is 2.38. The van der Waals surface area contributed by atoms with Crippen LogP contribution in [0.15, 0.2) is 24.8 Å². The van der Waals surface area contributed by atoms with Gasteiger partial charge in [0.15, 0.2) is 0 Å². The quantitative estimate of drug-likeness (QED) is 0.808. The number of alkyl halides is 2. The molecular weight excluding hydrogens is 244 g/mol. The van der Waals surface area contributed by atoms with Crippen molar-refractivity contribution in [2.45, 2.75) is 5.92 Å². The highest BCUT2D eigenvalue weighted by Gasteiger charge is 2.27. The molecule has 18 heavy (non-hydrogen) atoms. The van der Waals surface area contributed by atoms with Gasteiger partial charge in [-0.15, -0.1) is 0 Å². The van der Waals surface area contributed by atoms with E-state index in [-0.39, 0.29) is 5.56 Å². The Labute approximate surface area is 101 Å². The van der Waals surface area contributed by atoms with Crippen LogP contribution in [0.25, 0.3) is 5.52 Å². The lowest BCUT2D eigenvalue weighted by molar-refractivity contribution is 0.0119. The minimum atomic E-state index is -3.11. The third-order valence-electron chi connectivity index (χ3n) is 2.38. The fourth-order valence-corrected chi connectivity index (χ4v) is 1.39. The minimum absolute atomic E-state index is 0.191. The summed E-state index contributed by atoms with van der Waals surface area (Å²) in [7, 11) is 0. The second-order valence-corrected chi connectivity index (χ2v) is 3.71. The molecule has 2 aromatic rings. The van der Waals surface area contributed by atoms with E-state index in [2.05, 4.69) is 15.4 Å². The number of amides is 1. The molecule has 0 unspecified atom stereocenters. The first-order chi connectivity index (χ1) is 8.53. The van der Waals surface area contributed by atoms with E-state index in [9.17, 15) is 13.6 Å². The summed E-state index contributed by atoms with van der Waals surface area (Å²) in [5.41, 5.74) is 5.51. The van der Waals surface area contributed by atoms with Crippen molar-refractivity contribution in [2.24, 2.45) is 5.73 Å². The maximum Gasteiger partial charge on any atom is 0.277 e. The molecule has 8 heteroatoms. The number of fused-ring (bicyclic) bond motifs is 1. The molecule has 0 spiro atoms. The fraction of sp³-hybridized carbons (Fsp3) is 0.300. The lowest BCUT2D eigenvalue weighted by Gasteiger charge is -2.13. The van der Waals surface area contributed by atoms with Gasteiger partial charge in [0.2, 0.25) is 0 Å². The van der Waals surface area contributed by atoms with Crippen molar-refractivity contribution < 1.29 is 13.6 Å². The van der Waals surface area contributed by atoms with Crippen molar-refractivity contribution in [3.8, 4) is 0 Å². The second kappa shape index (κ2) is 4.65. The molecule has 1 amide bonds. The highest BCUT2D eigenvalue weighted by molar-refractivity contribution is 6.00. The molecule has 0 aliphatic rings. The van der Waals surface area contributed by atoms with Crippen LogP contribution < -0.4 is 11.1 Å². The number of nitrogens with zero attached hydrogens (tertiary/aromatic N) is 3. The van der Waals surface area contributed by atoms with Gasteiger partial charge in [0, 0.05) is 12.4 Å². The van der Waals surface area contributed by atoms with Gasteiger partial charge < -0.3 is 11.1 Å². The van der Waals surface area contributed by atoms with Crippen LogP contribution in [0.2, 0.25) is 0 Å². The van der Waals surface area contributed by atoms with Gasteiger partial charge >= 0.3 is 0 Å². The van der Waals surface area contributed by atoms with Crippen molar-refractivity contribution in [2.75, 3.05) is 13.1 Å². The zero-order valence-electron chi connectivity index (χ0n) is 9.31. The number of nitrogens with two attached hydrogens (primary N) is 1. The van der Waals surface area contributed by atoms with Gasteiger partial charge in [0.1, 0.15) is 0 Å². The molecule has 2 rings (SSSR count). The number of carbonyl (C=O) groups is 1. The molecule has 0 aliphatic carbocycles. The van der Waals surface area contributed by atoms with E-state index in [0.29, 0.717) is 5.52 Å². The van der Waals surface area contributed by atoms with Crippen LogP contribution in [0.3, 0.4) is 0 Å². The molecule has 0 bridgehead atoms. The van der Waals surface area contributed by atoms with Crippen LogP contribution >= 0.6 is 0 Å². The molecule has 6 nitrogen and oxygen atoms in total. The predicted molar refractivity (Wildman–Crippen MR) is 59.3 cm³/mol. The summed E-state index contributed by atoms with van der Waals surface area (Å²) in [6.07, 6.45) is 5.79. The highest BCUT2D eigenvalue weighted by Crippen LogP contribution is 2.11. The number of aromatic nitrogens is 3. The Morgan fingerprint density at radius 2 is 2.28 bits per heavy atom. The lowest BCUT2D eigenvalue weighted by Crippen LogP contribution is -2.41. The molecule has 0 saturated carbocycles. The topological polar surface area (TPSA) is 85.3 Å². The van der Waals surface area contributed by atoms with E-state index >= 15 is 0 Å². The van der Waals surface area contributed by atoms with Crippen molar-refractivity contribution in [1.29, 1.82) is 0 Å². The Morgan fingerprint density at radius 3 is 3.00 bits per heavy atom. The number of hydrogen-bond acceptors (Lipinski definition) is 4. The number of halogens is 2. The Kier molecular flexibility index (Phi) is 3.19. The summed E-state index contributed by atoms with van der Waals surface area (Å²) in [6.45, 7) is -1.62. The summed E-state index contributed by atoms with van der Waals surface area (Å²) in [6, 6.07) is 0. The van der Waals surface area contributed by atoms with Gasteiger partial charge in [-0.25, -0.2) is 13.3 Å². The first-order valence-electron chi connectivity index (χ1n) is 5.17. The number of carbonyl (C=O) groups excluding carboxylic acids is 1. The molecule has 0 aromatic carbocycles. The third kappa shape index (κ3) is 2.43. The first kappa shape index (κ1) is 12.4. The number of nitrogens with one attached hydrogen (secondary N) is 1. The lowest BCUT2D eigenvalue weighted by atomic mass is 10.2. The average Bonchev–Trinajstić information content (AvgIpc) is 2.80. The molecule has 3 N–H and O–H groups in total. The van der Waals surface area contributed by atoms with E-state index in [0.717, 1.165) is 0 Å². The van der Waals surface area contributed by atoms with Gasteiger partial charge in [-0.05, 0) is 0 Å². The molecule has 0 atom stereocenters. The van der Waals surface area contributed by atoms with Gasteiger partial charge in [0.25, 0.3) is 11.8 Å². The highest BCUT2D eigenvalue weighted by atomic mass is 19.3. The summed E-state index contributed by atoms with van der Waals surface area (Å²) in [5.74, 6) is -3.75. The fourth-order valence-electron chi connectivity index (χ4n) is 1.39. The number of rotatable bonds is 4. The normalized spacial score (nSPS) is 11.7. The molecule has 0 aliphatic heterocycles. The Hall–Kier alpha value is -2.09. The Bertz CT molecular complexity index is 568. The van der Waals surface area contributed by atoms with Crippen molar-refractivity contribution in [3.63, 3.8) is 0 Å². The van der Waals surface area contributed by atoms with Crippen LogP contribution in [-0.4, -0.2) is 39.5 Å². The second-order valence-electron chi connectivity index (χ2n) is 3.71. The van der Waals surface area contributed by atoms with Crippen LogP contribution in [0, 0.1) is 0 Å². The predicted octanol–water partition coefficient (Wildman–Crippen LogP) is 0.0531. The zero-order chi connectivity index (χ0) is 13.2. The summed E-state index contributed by atoms with van der Waals surface area (Å²) in [5, 5.41) is 6.03. The zero-order valence-corrected chi connectivity index (χ0v) is 9.31. The molecular formula is C10H11F2N5O. The van der Waals surface area contributed by atoms with E-state index in [4.69, 9.17) is 5.73 Å². The first-order valence-corrected chi connectivity index (χ1v) is 5.17. The van der Waals surface area contributed by atoms with E-state index in [1.165, 1.54) is 23.1 Å². The van der Waals surface area contributed by atoms with Crippen LogP contribution in [0.5, 0.6) is 0 Å². The van der Waals surface area contributed by atoms with Crippen LogP contribution in [0.1, 0.15) is 10.4 Å². The largest absolute Gasteiger partial charge is 0.346 e. The number of hydrogen-bond donors (Lipinski definition) is 2.